The summed E-state index contributed by atoms with van der Waals surface area (Å²) in [6.07, 6.45) is 1.69. The van der Waals surface area contributed by atoms with Crippen molar-refractivity contribution in [2.24, 2.45) is 5.92 Å². The van der Waals surface area contributed by atoms with Gasteiger partial charge in [0.25, 0.3) is 0 Å². The lowest BCUT2D eigenvalue weighted by molar-refractivity contribution is 0.0699. The molecular formula is C28H26FN3O5. The Hall–Kier alpha value is -4.16. The van der Waals surface area contributed by atoms with E-state index in [0.29, 0.717) is 52.5 Å². The molecule has 2 aromatic carbocycles. The van der Waals surface area contributed by atoms with Gasteiger partial charge in [0.2, 0.25) is 0 Å². The Morgan fingerprint density at radius 3 is 2.59 bits per heavy atom. The highest BCUT2D eigenvalue weighted by Crippen LogP contribution is 2.42. The fraction of sp³-hybridized carbons (Fsp3) is 0.321. The highest BCUT2D eigenvalue weighted by atomic mass is 19.1. The van der Waals surface area contributed by atoms with E-state index < -0.39 is 11.8 Å². The van der Waals surface area contributed by atoms with E-state index >= 15 is 0 Å². The Labute approximate surface area is 212 Å². The summed E-state index contributed by atoms with van der Waals surface area (Å²) in [6.45, 7) is 6.36. The van der Waals surface area contributed by atoms with Crippen LogP contribution in [0.3, 0.4) is 0 Å². The third-order valence-electron chi connectivity index (χ3n) is 6.85. The molecule has 1 aliphatic heterocycles. The van der Waals surface area contributed by atoms with E-state index in [1.807, 2.05) is 6.92 Å². The molecule has 1 N–H and O–H groups in total. The molecule has 0 radical (unpaired) electrons. The number of benzene rings is 2. The lowest BCUT2D eigenvalue weighted by atomic mass is 9.99. The molecule has 4 aromatic rings. The molecule has 190 valence electrons. The van der Waals surface area contributed by atoms with Gasteiger partial charge in [-0.2, -0.15) is 5.26 Å². The number of furan rings is 1. The number of hydrogen-bond acceptors (Lipinski definition) is 7. The van der Waals surface area contributed by atoms with E-state index in [0.717, 1.165) is 31.5 Å². The minimum Gasteiger partial charge on any atom is -0.492 e. The van der Waals surface area contributed by atoms with Crippen LogP contribution in [0.1, 0.15) is 34.7 Å². The number of halogens is 1. The van der Waals surface area contributed by atoms with Gasteiger partial charge in [0.1, 0.15) is 40.8 Å². The van der Waals surface area contributed by atoms with Crippen molar-refractivity contribution >= 4 is 16.9 Å². The molecule has 1 aliphatic rings. The van der Waals surface area contributed by atoms with Gasteiger partial charge in [-0.25, -0.2) is 9.18 Å². The van der Waals surface area contributed by atoms with Crippen LogP contribution in [0.5, 0.6) is 5.75 Å². The van der Waals surface area contributed by atoms with E-state index in [9.17, 15) is 14.3 Å². The van der Waals surface area contributed by atoms with Crippen molar-refractivity contribution in [1.29, 1.82) is 5.26 Å². The summed E-state index contributed by atoms with van der Waals surface area (Å²) in [7, 11) is 0. The number of carboxylic acid groups (broad SMARTS) is 1. The van der Waals surface area contributed by atoms with Crippen LogP contribution in [0.4, 0.5) is 4.39 Å². The van der Waals surface area contributed by atoms with Gasteiger partial charge in [-0.1, -0.05) is 5.16 Å². The van der Waals surface area contributed by atoms with Crippen LogP contribution in [0.25, 0.3) is 33.4 Å². The van der Waals surface area contributed by atoms with E-state index in [2.05, 4.69) is 16.1 Å². The Morgan fingerprint density at radius 2 is 1.97 bits per heavy atom. The van der Waals surface area contributed by atoms with Crippen LogP contribution in [0.2, 0.25) is 0 Å². The molecule has 0 spiro atoms. The van der Waals surface area contributed by atoms with E-state index in [4.69, 9.17) is 18.9 Å². The Balaban J connectivity index is 1.54. The average molecular weight is 504 g/mol. The van der Waals surface area contributed by atoms with Gasteiger partial charge in [-0.15, -0.1) is 0 Å². The van der Waals surface area contributed by atoms with Gasteiger partial charge in [0.15, 0.2) is 0 Å². The third-order valence-corrected chi connectivity index (χ3v) is 6.85. The quantitative estimate of drug-likeness (QED) is 0.336. The van der Waals surface area contributed by atoms with Crippen molar-refractivity contribution < 1.29 is 28.0 Å². The van der Waals surface area contributed by atoms with Crippen LogP contribution in [-0.2, 0) is 0 Å². The monoisotopic (exact) mass is 503 g/mol. The fourth-order valence-electron chi connectivity index (χ4n) is 4.89. The number of aromatic nitrogens is 1. The first-order chi connectivity index (χ1) is 17.9. The summed E-state index contributed by atoms with van der Waals surface area (Å²) < 4.78 is 31.2. The molecule has 1 fully saturated rings. The zero-order chi connectivity index (χ0) is 26.1. The van der Waals surface area contributed by atoms with Crippen molar-refractivity contribution in [3.63, 3.8) is 0 Å². The summed E-state index contributed by atoms with van der Waals surface area (Å²) in [4.78, 5) is 14.6. The van der Waals surface area contributed by atoms with Gasteiger partial charge in [-0.05, 0) is 76.2 Å². The summed E-state index contributed by atoms with van der Waals surface area (Å²) in [5.41, 5.74) is 2.90. The minimum absolute atomic E-state index is 0.0182. The highest BCUT2D eigenvalue weighted by molar-refractivity contribution is 6.09. The zero-order valence-electron chi connectivity index (χ0n) is 20.6. The molecule has 0 amide bonds. The maximum Gasteiger partial charge on any atom is 0.340 e. The summed E-state index contributed by atoms with van der Waals surface area (Å²) in [6, 6.07) is 11.3. The number of nitrogens with zero attached hydrogens (tertiary/aromatic N) is 3. The van der Waals surface area contributed by atoms with Crippen LogP contribution in [-0.4, -0.2) is 47.4 Å². The number of fused-ring (bicyclic) bond motifs is 1. The zero-order valence-corrected chi connectivity index (χ0v) is 20.6. The molecule has 3 heterocycles. The van der Waals surface area contributed by atoms with Crippen LogP contribution in [0.15, 0.2) is 45.3 Å². The molecular weight excluding hydrogens is 477 g/mol. The molecule has 0 bridgehead atoms. The van der Waals surface area contributed by atoms with Crippen LogP contribution < -0.4 is 4.74 Å². The van der Waals surface area contributed by atoms with Gasteiger partial charge in [0, 0.05) is 29.0 Å². The maximum atomic E-state index is 13.5. The van der Waals surface area contributed by atoms with Crippen molar-refractivity contribution in [3.8, 4) is 34.3 Å². The lowest BCUT2D eigenvalue weighted by Gasteiger charge is -2.28. The molecule has 0 atom stereocenters. The number of carboxylic acids is 1. The van der Waals surface area contributed by atoms with Gasteiger partial charge >= 0.3 is 5.97 Å². The number of aryl methyl sites for hydroxylation is 2. The second-order valence-electron chi connectivity index (χ2n) is 9.26. The fourth-order valence-corrected chi connectivity index (χ4v) is 4.89. The first-order valence-corrected chi connectivity index (χ1v) is 12.1. The average Bonchev–Trinajstić information content (AvgIpc) is 3.43. The second kappa shape index (κ2) is 10.1. The third kappa shape index (κ3) is 4.80. The summed E-state index contributed by atoms with van der Waals surface area (Å²) in [5, 5.41) is 23.6. The standard InChI is InChI=1S/C28H26FN3O5/c1-16-25(17(2)37-31-16)21-14-24-22(13-23(21)35-12-11-32-9-7-18(15-30)8-10-32)26(28(33)34)27(36-24)19-3-5-20(29)6-4-19/h3-6,13-14,18H,7-12H2,1-2H3,(H,33,34). The normalized spacial score (nSPS) is 14.6. The van der Waals surface area contributed by atoms with Gasteiger partial charge < -0.3 is 18.8 Å². The van der Waals surface area contributed by atoms with Crippen molar-refractivity contribution in [2.75, 3.05) is 26.2 Å². The summed E-state index contributed by atoms with van der Waals surface area (Å²) >= 11 is 0. The molecule has 0 aliphatic carbocycles. The molecule has 0 unspecified atom stereocenters. The van der Waals surface area contributed by atoms with Gasteiger partial charge in [0.05, 0.1) is 17.3 Å². The predicted molar refractivity (Wildman–Crippen MR) is 134 cm³/mol. The number of hydrogen-bond donors (Lipinski definition) is 1. The minimum atomic E-state index is -1.16. The molecule has 5 rings (SSSR count). The Kier molecular flexibility index (Phi) is 6.68. The molecule has 37 heavy (non-hydrogen) atoms. The van der Waals surface area contributed by atoms with E-state index in [-0.39, 0.29) is 17.2 Å². The number of aromatic carboxylic acids is 1. The molecule has 8 nitrogen and oxygen atoms in total. The number of carbonyl (C=O) groups is 1. The second-order valence-corrected chi connectivity index (χ2v) is 9.26. The molecule has 9 heteroatoms. The Morgan fingerprint density at radius 1 is 1.24 bits per heavy atom. The first-order valence-electron chi connectivity index (χ1n) is 12.1. The molecule has 1 saturated heterocycles. The van der Waals surface area contributed by atoms with Crippen molar-refractivity contribution in [2.45, 2.75) is 26.7 Å². The first kappa shape index (κ1) is 24.5. The van der Waals surface area contributed by atoms with Gasteiger partial charge in [-0.3, -0.25) is 4.90 Å². The lowest BCUT2D eigenvalue weighted by Crippen LogP contribution is -2.36. The van der Waals surface area contributed by atoms with Crippen molar-refractivity contribution in [3.05, 3.63) is 59.2 Å². The Bertz CT molecular complexity index is 1470. The highest BCUT2D eigenvalue weighted by Gasteiger charge is 2.26. The van der Waals surface area contributed by atoms with Crippen LogP contribution in [0, 0.1) is 36.9 Å². The number of piperidine rings is 1. The predicted octanol–water partition coefficient (Wildman–Crippen LogP) is 5.82. The SMILES string of the molecule is Cc1noc(C)c1-c1cc2oc(-c3ccc(F)cc3)c(C(=O)O)c2cc1OCCN1CCC(C#N)CC1. The number of ether oxygens (including phenoxy) is 1. The largest absolute Gasteiger partial charge is 0.492 e. The van der Waals surface area contributed by atoms with Crippen molar-refractivity contribution in [1.82, 2.24) is 10.1 Å². The maximum absolute atomic E-state index is 13.5. The summed E-state index contributed by atoms with van der Waals surface area (Å²) in [5.74, 6) is -0.243. The van der Waals surface area contributed by atoms with E-state index in [1.165, 1.54) is 24.3 Å². The van der Waals surface area contributed by atoms with Crippen LogP contribution >= 0.6 is 0 Å². The molecule has 0 saturated carbocycles. The number of rotatable bonds is 7. The van der Waals surface area contributed by atoms with E-state index in [1.54, 1.807) is 19.1 Å². The number of likely N-dealkylation sites (tertiary alicyclic amines) is 1. The molecule has 2 aromatic heterocycles. The number of nitriles is 1. The topological polar surface area (TPSA) is 113 Å². The smallest absolute Gasteiger partial charge is 0.340 e.